The first kappa shape index (κ1) is 14.6. The molecule has 2 aromatic rings. The molecule has 1 aromatic heterocycles. The topological polar surface area (TPSA) is 35.0 Å². The van der Waals surface area contributed by atoms with Gasteiger partial charge in [0.2, 0.25) is 11.2 Å². The first-order chi connectivity index (χ1) is 9.27. The van der Waals surface area contributed by atoms with Crippen molar-refractivity contribution in [2.75, 3.05) is 0 Å². The number of benzene rings is 1. The van der Waals surface area contributed by atoms with Gasteiger partial charge in [-0.25, -0.2) is 4.98 Å². The fourth-order valence-corrected chi connectivity index (χ4v) is 1.72. The molecule has 0 bridgehead atoms. The van der Waals surface area contributed by atoms with Gasteiger partial charge in [0.1, 0.15) is 5.75 Å². The number of alkyl halides is 3. The standard InChI is InChI=1S/C13H10ClF3N2O/c1-7-4-3-5-9(8(7)2)20-11-6-10(13(15,16)17)18-12(14)19-11/h3-6H,1-2H3. The largest absolute Gasteiger partial charge is 0.439 e. The average Bonchev–Trinajstić information content (AvgIpc) is 2.33. The Morgan fingerprint density at radius 2 is 1.85 bits per heavy atom. The number of ether oxygens (including phenoxy) is 1. The van der Waals surface area contributed by atoms with Crippen LogP contribution in [-0.2, 0) is 6.18 Å². The highest BCUT2D eigenvalue weighted by Gasteiger charge is 2.34. The summed E-state index contributed by atoms with van der Waals surface area (Å²) in [4.78, 5) is 6.78. The molecule has 1 heterocycles. The molecule has 20 heavy (non-hydrogen) atoms. The lowest BCUT2D eigenvalue weighted by Gasteiger charge is -2.11. The summed E-state index contributed by atoms with van der Waals surface area (Å²) in [6.07, 6.45) is -4.60. The minimum Gasteiger partial charge on any atom is -0.439 e. The normalized spacial score (nSPS) is 11.5. The number of rotatable bonds is 2. The van der Waals surface area contributed by atoms with Crippen LogP contribution < -0.4 is 4.74 Å². The molecule has 0 N–H and O–H groups in total. The highest BCUT2D eigenvalue weighted by atomic mass is 35.5. The smallest absolute Gasteiger partial charge is 0.433 e. The summed E-state index contributed by atoms with van der Waals surface area (Å²) in [5.74, 6) is 0.180. The second-order valence-electron chi connectivity index (χ2n) is 4.16. The van der Waals surface area contributed by atoms with Crippen molar-refractivity contribution < 1.29 is 17.9 Å². The Hall–Kier alpha value is -1.82. The maximum atomic E-state index is 12.6. The van der Waals surface area contributed by atoms with E-state index in [1.807, 2.05) is 13.0 Å². The quantitative estimate of drug-likeness (QED) is 0.763. The molecule has 7 heteroatoms. The highest BCUT2D eigenvalue weighted by molar-refractivity contribution is 6.28. The first-order valence-corrected chi connectivity index (χ1v) is 6.01. The Balaban J connectivity index is 2.39. The van der Waals surface area contributed by atoms with E-state index in [0.29, 0.717) is 11.8 Å². The zero-order valence-electron chi connectivity index (χ0n) is 10.6. The van der Waals surface area contributed by atoms with Crippen LogP contribution in [0, 0.1) is 13.8 Å². The van der Waals surface area contributed by atoms with Crippen molar-refractivity contribution in [2.24, 2.45) is 0 Å². The zero-order valence-corrected chi connectivity index (χ0v) is 11.4. The van der Waals surface area contributed by atoms with Crippen LogP contribution in [0.25, 0.3) is 0 Å². The number of nitrogens with zero attached hydrogens (tertiary/aromatic N) is 2. The Morgan fingerprint density at radius 1 is 1.15 bits per heavy atom. The molecule has 0 saturated heterocycles. The molecule has 0 amide bonds. The number of hydrogen-bond acceptors (Lipinski definition) is 3. The third-order valence-electron chi connectivity index (χ3n) is 2.74. The summed E-state index contributed by atoms with van der Waals surface area (Å²) in [6, 6.07) is 5.97. The third kappa shape index (κ3) is 3.19. The summed E-state index contributed by atoms with van der Waals surface area (Å²) >= 11 is 5.49. The van der Waals surface area contributed by atoms with E-state index in [1.165, 1.54) is 0 Å². The molecular weight excluding hydrogens is 293 g/mol. The van der Waals surface area contributed by atoms with E-state index >= 15 is 0 Å². The number of hydrogen-bond donors (Lipinski definition) is 0. The van der Waals surface area contributed by atoms with Gasteiger partial charge in [-0.05, 0) is 42.6 Å². The van der Waals surface area contributed by atoms with Crippen molar-refractivity contribution >= 4 is 11.6 Å². The second kappa shape index (κ2) is 5.28. The molecule has 0 atom stereocenters. The van der Waals surface area contributed by atoms with Crippen molar-refractivity contribution in [1.29, 1.82) is 0 Å². The maximum absolute atomic E-state index is 12.6. The predicted octanol–water partition coefficient (Wildman–Crippen LogP) is 4.56. The summed E-state index contributed by atoms with van der Waals surface area (Å²) in [5.41, 5.74) is 0.632. The van der Waals surface area contributed by atoms with Gasteiger partial charge in [0, 0.05) is 6.07 Å². The molecule has 0 spiro atoms. The first-order valence-electron chi connectivity index (χ1n) is 5.63. The molecule has 0 fully saturated rings. The Morgan fingerprint density at radius 3 is 2.50 bits per heavy atom. The fourth-order valence-electron chi connectivity index (χ4n) is 1.54. The molecule has 0 unspecified atom stereocenters. The van der Waals surface area contributed by atoms with E-state index in [2.05, 4.69) is 9.97 Å². The molecule has 0 aliphatic heterocycles. The minimum absolute atomic E-state index is 0.244. The van der Waals surface area contributed by atoms with Crippen molar-refractivity contribution in [1.82, 2.24) is 9.97 Å². The lowest BCUT2D eigenvalue weighted by atomic mass is 10.1. The van der Waals surface area contributed by atoms with Crippen molar-refractivity contribution in [2.45, 2.75) is 20.0 Å². The minimum atomic E-state index is -4.60. The van der Waals surface area contributed by atoms with Gasteiger partial charge < -0.3 is 4.74 Å². The molecule has 0 aliphatic rings. The maximum Gasteiger partial charge on any atom is 0.433 e. The highest BCUT2D eigenvalue weighted by Crippen LogP contribution is 2.32. The van der Waals surface area contributed by atoms with Gasteiger partial charge in [0.05, 0.1) is 0 Å². The molecule has 0 aliphatic carbocycles. The third-order valence-corrected chi connectivity index (χ3v) is 2.90. The number of halogens is 4. The Kier molecular flexibility index (Phi) is 3.85. The molecule has 1 aromatic carbocycles. The van der Waals surface area contributed by atoms with Crippen molar-refractivity contribution in [3.05, 3.63) is 46.4 Å². The van der Waals surface area contributed by atoms with Gasteiger partial charge in [-0.15, -0.1) is 0 Å². The summed E-state index contributed by atoms with van der Waals surface area (Å²) in [7, 11) is 0. The molecular formula is C13H10ClF3N2O. The van der Waals surface area contributed by atoms with Crippen molar-refractivity contribution in [3.8, 4) is 11.6 Å². The van der Waals surface area contributed by atoms with Gasteiger partial charge in [0.15, 0.2) is 5.69 Å². The van der Waals surface area contributed by atoms with Crippen LogP contribution in [0.2, 0.25) is 5.28 Å². The van der Waals surface area contributed by atoms with Gasteiger partial charge >= 0.3 is 6.18 Å². The van der Waals surface area contributed by atoms with E-state index in [-0.39, 0.29) is 5.88 Å². The summed E-state index contributed by atoms with van der Waals surface area (Å²) in [6.45, 7) is 3.68. The Bertz CT molecular complexity index is 644. The van der Waals surface area contributed by atoms with E-state index in [4.69, 9.17) is 16.3 Å². The second-order valence-corrected chi connectivity index (χ2v) is 4.50. The van der Waals surface area contributed by atoms with E-state index in [9.17, 15) is 13.2 Å². The van der Waals surface area contributed by atoms with Crippen LogP contribution in [-0.4, -0.2) is 9.97 Å². The Labute approximate surface area is 118 Å². The average molecular weight is 303 g/mol. The van der Waals surface area contributed by atoms with Crippen LogP contribution in [0.5, 0.6) is 11.6 Å². The zero-order chi connectivity index (χ0) is 14.9. The molecule has 0 radical (unpaired) electrons. The van der Waals surface area contributed by atoms with Gasteiger partial charge in [-0.2, -0.15) is 18.2 Å². The predicted molar refractivity (Wildman–Crippen MR) is 68.0 cm³/mol. The molecule has 106 valence electrons. The monoisotopic (exact) mass is 302 g/mol. The van der Waals surface area contributed by atoms with Crippen LogP contribution in [0.1, 0.15) is 16.8 Å². The summed E-state index contributed by atoms with van der Waals surface area (Å²) in [5, 5.41) is -0.514. The lowest BCUT2D eigenvalue weighted by Crippen LogP contribution is -2.09. The van der Waals surface area contributed by atoms with E-state index in [0.717, 1.165) is 11.1 Å². The molecule has 2 rings (SSSR count). The summed E-state index contributed by atoms with van der Waals surface area (Å²) < 4.78 is 43.2. The molecule has 0 saturated carbocycles. The number of aromatic nitrogens is 2. The fraction of sp³-hybridized carbons (Fsp3) is 0.231. The van der Waals surface area contributed by atoms with Crippen LogP contribution in [0.4, 0.5) is 13.2 Å². The van der Waals surface area contributed by atoms with Gasteiger partial charge in [-0.1, -0.05) is 12.1 Å². The molecule has 3 nitrogen and oxygen atoms in total. The SMILES string of the molecule is Cc1cccc(Oc2cc(C(F)(F)F)nc(Cl)n2)c1C. The van der Waals surface area contributed by atoms with E-state index in [1.54, 1.807) is 19.1 Å². The van der Waals surface area contributed by atoms with Crippen LogP contribution in [0.3, 0.4) is 0 Å². The lowest BCUT2D eigenvalue weighted by molar-refractivity contribution is -0.141. The van der Waals surface area contributed by atoms with Crippen molar-refractivity contribution in [3.63, 3.8) is 0 Å². The van der Waals surface area contributed by atoms with E-state index < -0.39 is 17.2 Å². The van der Waals surface area contributed by atoms with Crippen LogP contribution >= 0.6 is 11.6 Å². The van der Waals surface area contributed by atoms with Gasteiger partial charge in [0.25, 0.3) is 0 Å². The van der Waals surface area contributed by atoms with Crippen LogP contribution in [0.15, 0.2) is 24.3 Å². The number of aryl methyl sites for hydroxylation is 1. The van der Waals surface area contributed by atoms with Gasteiger partial charge in [-0.3, -0.25) is 0 Å².